The number of aryl methyl sites for hydroxylation is 2. The molecule has 0 saturated carbocycles. The van der Waals surface area contributed by atoms with Crippen LogP contribution in [0.1, 0.15) is 54.0 Å². The number of carbonyl (C=O) groups is 1. The number of pyridine rings is 1. The fourth-order valence-corrected chi connectivity index (χ4v) is 4.36. The van der Waals surface area contributed by atoms with E-state index in [1.807, 2.05) is 6.92 Å². The van der Waals surface area contributed by atoms with Gasteiger partial charge in [0.2, 0.25) is 5.91 Å². The van der Waals surface area contributed by atoms with Crippen LogP contribution >= 0.6 is 0 Å². The molecule has 0 atom stereocenters. The summed E-state index contributed by atoms with van der Waals surface area (Å²) in [6, 6.07) is 1.77. The first-order chi connectivity index (χ1) is 16.4. The van der Waals surface area contributed by atoms with Crippen LogP contribution in [0.25, 0.3) is 11.6 Å². The summed E-state index contributed by atoms with van der Waals surface area (Å²) >= 11 is 0. The fraction of sp³-hybridized carbons (Fsp3) is 0.480. The largest absolute Gasteiger partial charge is 0.522 e. The molecule has 1 amide bonds. The summed E-state index contributed by atoms with van der Waals surface area (Å²) < 4.78 is 45.0. The molecule has 0 bridgehead atoms. The normalized spacial score (nSPS) is 15.2. The molecule has 7 nitrogen and oxygen atoms in total. The number of amides is 1. The molecule has 1 fully saturated rings. The number of allylic oxidation sites excluding steroid dienone is 2. The molecule has 1 aliphatic rings. The molecule has 0 N–H and O–H groups in total. The van der Waals surface area contributed by atoms with Crippen molar-refractivity contribution in [3.63, 3.8) is 0 Å². The number of halogens is 3. The van der Waals surface area contributed by atoms with E-state index in [1.54, 1.807) is 47.9 Å². The van der Waals surface area contributed by atoms with Gasteiger partial charge < -0.3 is 14.0 Å². The summed E-state index contributed by atoms with van der Waals surface area (Å²) in [6.45, 7) is 9.82. The second-order valence-corrected chi connectivity index (χ2v) is 8.85. The van der Waals surface area contributed by atoms with Crippen LogP contribution in [-0.4, -0.2) is 51.0 Å². The Bertz CT molecular complexity index is 1160. The predicted molar refractivity (Wildman–Crippen MR) is 128 cm³/mol. The molecule has 35 heavy (non-hydrogen) atoms. The number of hydrogen-bond acceptors (Lipinski definition) is 4. The Morgan fingerprint density at radius 2 is 1.94 bits per heavy atom. The Morgan fingerprint density at radius 3 is 2.51 bits per heavy atom. The van der Waals surface area contributed by atoms with Crippen molar-refractivity contribution in [2.75, 3.05) is 19.7 Å². The molecule has 2 aromatic rings. The number of likely N-dealkylation sites (tertiary alicyclic amines) is 1. The first-order valence-corrected chi connectivity index (χ1v) is 11.4. The van der Waals surface area contributed by atoms with Gasteiger partial charge in [-0.25, -0.2) is 4.98 Å². The fourth-order valence-electron chi connectivity index (χ4n) is 4.36. The van der Waals surface area contributed by atoms with Crippen LogP contribution in [0.3, 0.4) is 0 Å². The predicted octanol–water partition coefficient (Wildman–Crippen LogP) is 4.19. The molecule has 2 aromatic heterocycles. The second-order valence-electron chi connectivity index (χ2n) is 8.85. The van der Waals surface area contributed by atoms with Crippen molar-refractivity contribution in [2.24, 2.45) is 7.05 Å². The third-order valence-corrected chi connectivity index (χ3v) is 6.35. The molecular formula is C25H31F3N4O3. The SMILES string of the molecule is C=C(/C=C\c1nc(C2CCN(C(C)=O)CC2)n(CCOC(F)(F)F)c1C)c1cc(C)c(=O)n(C)c1. The Morgan fingerprint density at radius 1 is 1.29 bits per heavy atom. The number of ether oxygens (including phenoxy) is 1. The van der Waals surface area contributed by atoms with E-state index in [-0.39, 0.29) is 23.9 Å². The van der Waals surface area contributed by atoms with Gasteiger partial charge in [-0.15, -0.1) is 13.2 Å². The lowest BCUT2D eigenvalue weighted by molar-refractivity contribution is -0.325. The van der Waals surface area contributed by atoms with Crippen molar-refractivity contribution in [1.29, 1.82) is 0 Å². The van der Waals surface area contributed by atoms with Gasteiger partial charge in [0.25, 0.3) is 5.56 Å². The van der Waals surface area contributed by atoms with E-state index in [9.17, 15) is 22.8 Å². The third kappa shape index (κ3) is 6.50. The molecule has 3 heterocycles. The summed E-state index contributed by atoms with van der Waals surface area (Å²) in [5, 5.41) is 0. The van der Waals surface area contributed by atoms with Crippen LogP contribution in [0.5, 0.6) is 0 Å². The van der Waals surface area contributed by atoms with E-state index in [0.717, 1.165) is 11.3 Å². The van der Waals surface area contributed by atoms with E-state index < -0.39 is 13.0 Å². The Kier molecular flexibility index (Phi) is 8.04. The van der Waals surface area contributed by atoms with Crippen molar-refractivity contribution in [3.05, 3.63) is 63.6 Å². The van der Waals surface area contributed by atoms with Crippen LogP contribution in [0, 0.1) is 13.8 Å². The summed E-state index contributed by atoms with van der Waals surface area (Å²) in [4.78, 5) is 30.2. The minimum Gasteiger partial charge on any atom is -0.343 e. The zero-order valence-corrected chi connectivity index (χ0v) is 20.5. The van der Waals surface area contributed by atoms with Gasteiger partial charge in [-0.1, -0.05) is 12.7 Å². The Hall–Kier alpha value is -3.14. The minimum atomic E-state index is -4.70. The maximum Gasteiger partial charge on any atom is 0.522 e. The van der Waals surface area contributed by atoms with Gasteiger partial charge in [0.15, 0.2) is 0 Å². The van der Waals surface area contributed by atoms with Crippen molar-refractivity contribution in [1.82, 2.24) is 19.0 Å². The van der Waals surface area contributed by atoms with Crippen LogP contribution < -0.4 is 5.56 Å². The van der Waals surface area contributed by atoms with Gasteiger partial charge in [0, 0.05) is 57.0 Å². The summed E-state index contributed by atoms with van der Waals surface area (Å²) in [6.07, 6.45) is 1.94. The number of hydrogen-bond donors (Lipinski definition) is 0. The molecule has 0 unspecified atom stereocenters. The number of alkyl halides is 3. The highest BCUT2D eigenvalue weighted by Gasteiger charge is 2.30. The molecule has 190 valence electrons. The van der Waals surface area contributed by atoms with E-state index in [0.29, 0.717) is 48.6 Å². The lowest BCUT2D eigenvalue weighted by atomic mass is 9.96. The van der Waals surface area contributed by atoms with Crippen LogP contribution in [0.15, 0.2) is 29.7 Å². The lowest BCUT2D eigenvalue weighted by Gasteiger charge is -2.31. The van der Waals surface area contributed by atoms with Gasteiger partial charge in [-0.2, -0.15) is 0 Å². The minimum absolute atomic E-state index is 0.00930. The molecule has 0 spiro atoms. The Balaban J connectivity index is 1.87. The van der Waals surface area contributed by atoms with Crippen molar-refractivity contribution in [2.45, 2.75) is 52.4 Å². The van der Waals surface area contributed by atoms with Crippen LogP contribution in [-0.2, 0) is 23.1 Å². The smallest absolute Gasteiger partial charge is 0.343 e. The molecule has 1 aliphatic heterocycles. The van der Waals surface area contributed by atoms with Crippen LogP contribution in [0.4, 0.5) is 13.2 Å². The topological polar surface area (TPSA) is 69.4 Å². The average molecular weight is 493 g/mol. The number of imidazole rings is 1. The van der Waals surface area contributed by atoms with E-state index in [2.05, 4.69) is 11.3 Å². The van der Waals surface area contributed by atoms with Crippen molar-refractivity contribution in [3.8, 4) is 0 Å². The van der Waals surface area contributed by atoms with E-state index in [1.165, 1.54) is 11.5 Å². The number of carbonyl (C=O) groups excluding carboxylic acids is 1. The van der Waals surface area contributed by atoms with Gasteiger partial charge in [-0.3, -0.25) is 14.3 Å². The zero-order valence-electron chi connectivity index (χ0n) is 20.5. The molecule has 0 radical (unpaired) electrons. The summed E-state index contributed by atoms with van der Waals surface area (Å²) in [7, 11) is 1.67. The van der Waals surface area contributed by atoms with Gasteiger partial charge >= 0.3 is 6.36 Å². The number of nitrogens with zero attached hydrogens (tertiary/aromatic N) is 4. The quantitative estimate of drug-likeness (QED) is 0.544. The van der Waals surface area contributed by atoms with Crippen LogP contribution in [0.2, 0.25) is 0 Å². The molecule has 3 rings (SSSR count). The maximum atomic E-state index is 12.6. The number of aromatic nitrogens is 3. The molecule has 0 aromatic carbocycles. The molecular weight excluding hydrogens is 461 g/mol. The van der Waals surface area contributed by atoms with E-state index in [4.69, 9.17) is 4.98 Å². The average Bonchev–Trinajstić information content (AvgIpc) is 3.10. The second kappa shape index (κ2) is 10.6. The van der Waals surface area contributed by atoms with Gasteiger partial charge in [0.1, 0.15) is 5.82 Å². The van der Waals surface area contributed by atoms with Gasteiger partial charge in [0.05, 0.1) is 12.3 Å². The standard InChI is InChI=1S/C25H31F3N4O3/c1-16(21-14-17(2)24(34)30(5)15-21)6-7-22-18(3)32(12-13-35-25(26,27)28)23(29-22)20-8-10-31(11-9-20)19(4)33/h6-7,14-15,20H,1,8-13H2,2-5H3/b7-6-. The molecule has 1 saturated heterocycles. The summed E-state index contributed by atoms with van der Waals surface area (Å²) in [5.74, 6) is 0.726. The lowest BCUT2D eigenvalue weighted by Crippen LogP contribution is -2.37. The maximum absolute atomic E-state index is 12.6. The molecule has 0 aliphatic carbocycles. The third-order valence-electron chi connectivity index (χ3n) is 6.35. The summed E-state index contributed by atoms with van der Waals surface area (Å²) in [5.41, 5.74) is 3.33. The zero-order chi connectivity index (χ0) is 25.9. The number of piperidine rings is 1. The molecule has 10 heteroatoms. The first kappa shape index (κ1) is 26.5. The highest BCUT2D eigenvalue weighted by molar-refractivity contribution is 5.77. The van der Waals surface area contributed by atoms with E-state index >= 15 is 0 Å². The highest BCUT2D eigenvalue weighted by Crippen LogP contribution is 2.30. The number of rotatable bonds is 7. The van der Waals surface area contributed by atoms with Gasteiger partial charge in [-0.05, 0) is 50.0 Å². The van der Waals surface area contributed by atoms with Crippen molar-refractivity contribution < 1.29 is 22.7 Å². The first-order valence-electron chi connectivity index (χ1n) is 11.4. The monoisotopic (exact) mass is 492 g/mol. The highest BCUT2D eigenvalue weighted by atomic mass is 19.4. The van der Waals surface area contributed by atoms with Crippen molar-refractivity contribution >= 4 is 17.6 Å². The Labute approximate surface area is 202 Å².